The fraction of sp³-hybridized carbons (Fsp3) is 0.0714. The van der Waals surface area contributed by atoms with Crippen LogP contribution in [0.3, 0.4) is 0 Å². The van der Waals surface area contributed by atoms with Crippen molar-refractivity contribution in [3.63, 3.8) is 0 Å². The summed E-state index contributed by atoms with van der Waals surface area (Å²) in [7, 11) is 0. The fourth-order valence-corrected chi connectivity index (χ4v) is 5.57. The van der Waals surface area contributed by atoms with E-state index in [0.717, 1.165) is 10.5 Å². The maximum Gasteiger partial charge on any atom is 0.125 e. The first-order chi connectivity index (χ1) is 9.19. The predicted octanol–water partition coefficient (Wildman–Crippen LogP) is 5.89. The number of hydrogen-bond acceptors (Lipinski definition) is 3. The maximum absolute atomic E-state index is 4.74. The number of fused-ring (bicyclic) bond motifs is 1. The predicted molar refractivity (Wildman–Crippen MR) is 102 cm³/mol. The number of rotatable bonds is 2. The molecule has 0 bridgehead atoms. The summed E-state index contributed by atoms with van der Waals surface area (Å²) in [6.45, 7) is 0. The van der Waals surface area contributed by atoms with E-state index >= 15 is 0 Å². The fourth-order valence-electron chi connectivity index (χ4n) is 1.84. The molecule has 0 saturated carbocycles. The van der Waals surface area contributed by atoms with Gasteiger partial charge in [-0.1, -0.05) is 12.1 Å². The van der Waals surface area contributed by atoms with Crippen molar-refractivity contribution in [3.05, 3.63) is 43.5 Å². The first-order valence-electron chi connectivity index (χ1n) is 5.58. The molecule has 0 N–H and O–H groups in total. The number of hydrogen-bond donors (Lipinski definition) is 0. The second-order valence-corrected chi connectivity index (χ2v) is 8.16. The van der Waals surface area contributed by atoms with Gasteiger partial charge < -0.3 is 0 Å². The first-order valence-corrected chi connectivity index (χ1v) is 9.78. The number of thioether (sulfide) groups is 1. The number of nitrogens with zero attached hydrogens (tertiary/aromatic N) is 1. The standard InChI is InChI=1S/C14H9I2NS2/c1-18-13-7-9(15)8(6-10(13)16)14-17-11-4-2-3-5-12(11)19-14/h2-7H,1H3. The SMILES string of the molecule is CSc1cc(I)c(-c2nc3ccccc3s2)cc1I. The van der Waals surface area contributed by atoms with E-state index in [2.05, 4.69) is 81.8 Å². The second-order valence-electron chi connectivity index (χ2n) is 3.95. The van der Waals surface area contributed by atoms with Gasteiger partial charge in [0.05, 0.1) is 10.2 Å². The third kappa shape index (κ3) is 2.79. The zero-order valence-corrected chi connectivity index (χ0v) is 15.9. The molecule has 0 aliphatic carbocycles. The van der Waals surface area contributed by atoms with Crippen molar-refractivity contribution in [1.29, 1.82) is 0 Å². The van der Waals surface area contributed by atoms with Crippen molar-refractivity contribution in [2.24, 2.45) is 0 Å². The second kappa shape index (κ2) is 5.87. The summed E-state index contributed by atoms with van der Waals surface area (Å²) in [4.78, 5) is 6.07. The molecular weight excluding hydrogens is 500 g/mol. The van der Waals surface area contributed by atoms with Crippen LogP contribution in [0, 0.1) is 7.14 Å². The third-order valence-electron chi connectivity index (χ3n) is 2.77. The minimum absolute atomic E-state index is 1.09. The van der Waals surface area contributed by atoms with Crippen molar-refractivity contribution in [2.75, 3.05) is 6.26 Å². The number of para-hydroxylation sites is 1. The summed E-state index contributed by atoms with van der Waals surface area (Å²) in [5.74, 6) is 0. The van der Waals surface area contributed by atoms with Gasteiger partial charge in [-0.3, -0.25) is 0 Å². The van der Waals surface area contributed by atoms with Gasteiger partial charge in [-0.05, 0) is 75.7 Å². The monoisotopic (exact) mass is 509 g/mol. The van der Waals surface area contributed by atoms with Gasteiger partial charge in [-0.25, -0.2) is 4.98 Å². The van der Waals surface area contributed by atoms with Gasteiger partial charge >= 0.3 is 0 Å². The normalized spacial score (nSPS) is 11.1. The Hall–Kier alpha value is 0.140. The van der Waals surface area contributed by atoms with Gasteiger partial charge in [-0.2, -0.15) is 0 Å². The molecule has 0 amide bonds. The van der Waals surface area contributed by atoms with Gasteiger partial charge in [0.15, 0.2) is 0 Å². The molecule has 0 fully saturated rings. The molecule has 19 heavy (non-hydrogen) atoms. The Balaban J connectivity index is 2.18. The highest BCUT2D eigenvalue weighted by atomic mass is 127. The molecule has 5 heteroatoms. The molecule has 1 heterocycles. The summed E-state index contributed by atoms with van der Waals surface area (Å²) in [5, 5.41) is 1.11. The zero-order valence-electron chi connectivity index (χ0n) is 9.98. The summed E-state index contributed by atoms with van der Waals surface area (Å²) >= 11 is 8.35. The Morgan fingerprint density at radius 3 is 2.63 bits per heavy atom. The Bertz CT molecular complexity index is 719. The molecule has 0 atom stereocenters. The summed E-state index contributed by atoms with van der Waals surface area (Å²) in [5.41, 5.74) is 2.33. The minimum Gasteiger partial charge on any atom is -0.236 e. The van der Waals surface area contributed by atoms with Gasteiger partial charge in [0.1, 0.15) is 5.01 Å². The van der Waals surface area contributed by atoms with Crippen molar-refractivity contribution >= 4 is 78.5 Å². The van der Waals surface area contributed by atoms with E-state index < -0.39 is 0 Å². The number of benzene rings is 2. The average molecular weight is 509 g/mol. The Labute approximate surface area is 147 Å². The topological polar surface area (TPSA) is 12.9 Å². The van der Waals surface area contributed by atoms with Crippen LogP contribution in [-0.2, 0) is 0 Å². The average Bonchev–Trinajstić information content (AvgIpc) is 2.84. The lowest BCUT2D eigenvalue weighted by Crippen LogP contribution is -1.87. The molecule has 96 valence electrons. The Kier molecular flexibility index (Phi) is 4.35. The minimum atomic E-state index is 1.09. The van der Waals surface area contributed by atoms with Crippen LogP contribution < -0.4 is 0 Å². The van der Waals surface area contributed by atoms with E-state index in [1.807, 2.05) is 6.07 Å². The highest BCUT2D eigenvalue weighted by Crippen LogP contribution is 2.36. The van der Waals surface area contributed by atoms with E-state index in [4.69, 9.17) is 4.98 Å². The van der Waals surface area contributed by atoms with E-state index in [0.29, 0.717) is 0 Å². The Morgan fingerprint density at radius 2 is 1.89 bits per heavy atom. The van der Waals surface area contributed by atoms with Gasteiger partial charge in [0.2, 0.25) is 0 Å². The van der Waals surface area contributed by atoms with Crippen LogP contribution in [0.5, 0.6) is 0 Å². The van der Waals surface area contributed by atoms with Crippen LogP contribution in [0.25, 0.3) is 20.8 Å². The molecule has 0 unspecified atom stereocenters. The van der Waals surface area contributed by atoms with Crippen LogP contribution in [0.15, 0.2) is 41.3 Å². The molecule has 1 aromatic heterocycles. The molecule has 0 aliphatic heterocycles. The van der Waals surface area contributed by atoms with E-state index in [1.165, 1.54) is 22.3 Å². The molecule has 0 aliphatic rings. The van der Waals surface area contributed by atoms with Gasteiger partial charge in [0, 0.05) is 17.6 Å². The van der Waals surface area contributed by atoms with Crippen LogP contribution >= 0.6 is 68.3 Å². The van der Waals surface area contributed by atoms with Gasteiger partial charge in [-0.15, -0.1) is 23.1 Å². The van der Waals surface area contributed by atoms with E-state index in [1.54, 1.807) is 23.1 Å². The van der Waals surface area contributed by atoms with Crippen molar-refractivity contribution < 1.29 is 0 Å². The van der Waals surface area contributed by atoms with Crippen LogP contribution in [0.1, 0.15) is 0 Å². The lowest BCUT2D eigenvalue weighted by molar-refractivity contribution is 1.36. The first kappa shape index (κ1) is 14.1. The maximum atomic E-state index is 4.74. The molecule has 1 nitrogen and oxygen atoms in total. The highest BCUT2D eigenvalue weighted by molar-refractivity contribution is 14.1. The summed E-state index contributed by atoms with van der Waals surface area (Å²) < 4.78 is 3.80. The van der Waals surface area contributed by atoms with Gasteiger partial charge in [0.25, 0.3) is 0 Å². The molecule has 3 rings (SSSR count). The van der Waals surface area contributed by atoms with E-state index in [-0.39, 0.29) is 0 Å². The largest absolute Gasteiger partial charge is 0.236 e. The summed E-state index contributed by atoms with van der Waals surface area (Å²) in [6.07, 6.45) is 2.12. The van der Waals surface area contributed by atoms with Crippen LogP contribution in [-0.4, -0.2) is 11.2 Å². The lowest BCUT2D eigenvalue weighted by Gasteiger charge is -2.06. The molecule has 3 aromatic rings. The molecule has 0 saturated heterocycles. The lowest BCUT2D eigenvalue weighted by atomic mass is 10.2. The van der Waals surface area contributed by atoms with Crippen molar-refractivity contribution in [1.82, 2.24) is 4.98 Å². The molecule has 0 radical (unpaired) electrons. The smallest absolute Gasteiger partial charge is 0.125 e. The number of aromatic nitrogens is 1. The van der Waals surface area contributed by atoms with Crippen molar-refractivity contribution in [2.45, 2.75) is 4.90 Å². The molecule has 2 aromatic carbocycles. The van der Waals surface area contributed by atoms with Crippen molar-refractivity contribution in [3.8, 4) is 10.6 Å². The quantitative estimate of drug-likeness (QED) is 0.316. The highest BCUT2D eigenvalue weighted by Gasteiger charge is 2.12. The van der Waals surface area contributed by atoms with Crippen LogP contribution in [0.4, 0.5) is 0 Å². The molecular formula is C14H9I2NS2. The molecule has 0 spiro atoms. The summed E-state index contributed by atoms with van der Waals surface area (Å²) in [6, 6.07) is 12.8. The number of halogens is 2. The van der Waals surface area contributed by atoms with E-state index in [9.17, 15) is 0 Å². The zero-order chi connectivity index (χ0) is 13.4. The third-order valence-corrected chi connectivity index (χ3v) is 6.76. The Morgan fingerprint density at radius 1 is 1.11 bits per heavy atom. The number of thiazole rings is 1. The van der Waals surface area contributed by atoms with Crippen LogP contribution in [0.2, 0.25) is 0 Å².